The summed E-state index contributed by atoms with van der Waals surface area (Å²) in [6, 6.07) is 7.84. The average Bonchev–Trinajstić information content (AvgIpc) is 2.35. The van der Waals surface area contributed by atoms with Crippen molar-refractivity contribution in [3.63, 3.8) is 0 Å². The largest absolute Gasteiger partial charge is 0.494 e. The molecule has 0 atom stereocenters. The first-order valence-corrected chi connectivity index (χ1v) is 6.74. The fourth-order valence-corrected chi connectivity index (χ4v) is 1.87. The summed E-state index contributed by atoms with van der Waals surface area (Å²) in [5.41, 5.74) is 0. The van der Waals surface area contributed by atoms with Gasteiger partial charge >= 0.3 is 0 Å². The van der Waals surface area contributed by atoms with Gasteiger partial charge in [-0.3, -0.25) is 4.90 Å². The van der Waals surface area contributed by atoms with Gasteiger partial charge in [0.15, 0.2) is 0 Å². The van der Waals surface area contributed by atoms with Crippen LogP contribution in [0.25, 0.3) is 0 Å². The predicted octanol–water partition coefficient (Wildman–Crippen LogP) is 2.81. The number of ether oxygens (including phenoxy) is 1. The lowest BCUT2D eigenvalue weighted by Crippen LogP contribution is -2.34. The third kappa shape index (κ3) is 5.71. The molecule has 0 spiro atoms. The highest BCUT2D eigenvalue weighted by Gasteiger charge is 2.07. The summed E-state index contributed by atoms with van der Waals surface area (Å²) in [5.74, 6) is 0.845. The van der Waals surface area contributed by atoms with Crippen LogP contribution < -0.4 is 4.74 Å². The number of hydrogen-bond acceptors (Lipinski definition) is 3. The first-order valence-electron chi connectivity index (χ1n) is 6.36. The van der Waals surface area contributed by atoms with Crippen LogP contribution in [0.3, 0.4) is 0 Å². The fraction of sp³-hybridized carbons (Fsp3) is 0.571. The van der Waals surface area contributed by atoms with E-state index in [1.54, 1.807) is 0 Å². The standard InChI is InChI=1S/C14H22ClNO2/c1-12(2)16(9-10-17)8-3-11-18-14-6-4-13(15)5-7-14/h4-7,12,17H,3,8-11H2,1-2H3. The maximum absolute atomic E-state index is 8.96. The maximum atomic E-state index is 8.96. The minimum atomic E-state index is 0.205. The summed E-state index contributed by atoms with van der Waals surface area (Å²) >= 11 is 5.80. The van der Waals surface area contributed by atoms with E-state index in [-0.39, 0.29) is 6.61 Å². The van der Waals surface area contributed by atoms with Gasteiger partial charge in [-0.15, -0.1) is 0 Å². The minimum Gasteiger partial charge on any atom is -0.494 e. The molecule has 1 N–H and O–H groups in total. The molecular formula is C14H22ClNO2. The van der Waals surface area contributed by atoms with Crippen molar-refractivity contribution in [2.75, 3.05) is 26.3 Å². The van der Waals surface area contributed by atoms with E-state index in [0.29, 0.717) is 12.6 Å². The molecule has 0 aliphatic heterocycles. The van der Waals surface area contributed by atoms with Gasteiger partial charge in [0.25, 0.3) is 0 Å². The molecule has 0 saturated carbocycles. The molecule has 102 valence electrons. The van der Waals surface area contributed by atoms with Crippen molar-refractivity contribution < 1.29 is 9.84 Å². The summed E-state index contributed by atoms with van der Waals surface area (Å²) < 4.78 is 5.62. The summed E-state index contributed by atoms with van der Waals surface area (Å²) in [6.07, 6.45) is 0.945. The van der Waals surface area contributed by atoms with Crippen molar-refractivity contribution in [3.8, 4) is 5.75 Å². The Hall–Kier alpha value is -0.770. The topological polar surface area (TPSA) is 32.7 Å². The number of benzene rings is 1. The van der Waals surface area contributed by atoms with Gasteiger partial charge in [-0.25, -0.2) is 0 Å². The quantitative estimate of drug-likeness (QED) is 0.738. The summed E-state index contributed by atoms with van der Waals surface area (Å²) in [6.45, 7) is 6.81. The van der Waals surface area contributed by atoms with E-state index in [2.05, 4.69) is 18.7 Å². The zero-order valence-electron chi connectivity index (χ0n) is 11.1. The zero-order valence-corrected chi connectivity index (χ0v) is 11.9. The Labute approximate surface area is 114 Å². The number of aliphatic hydroxyl groups is 1. The molecule has 0 saturated heterocycles. The van der Waals surface area contributed by atoms with Gasteiger partial charge < -0.3 is 9.84 Å². The van der Waals surface area contributed by atoms with E-state index < -0.39 is 0 Å². The predicted molar refractivity (Wildman–Crippen MR) is 75.4 cm³/mol. The molecule has 0 radical (unpaired) electrons. The molecule has 0 amide bonds. The van der Waals surface area contributed by atoms with Gasteiger partial charge in [-0.05, 0) is 44.5 Å². The highest BCUT2D eigenvalue weighted by molar-refractivity contribution is 6.30. The summed E-state index contributed by atoms with van der Waals surface area (Å²) in [5, 5.41) is 9.68. The number of nitrogens with zero attached hydrogens (tertiary/aromatic N) is 1. The molecule has 3 nitrogen and oxygen atoms in total. The van der Waals surface area contributed by atoms with E-state index in [4.69, 9.17) is 21.4 Å². The summed E-state index contributed by atoms with van der Waals surface area (Å²) in [4.78, 5) is 2.24. The van der Waals surface area contributed by atoms with Crippen LogP contribution >= 0.6 is 11.6 Å². The van der Waals surface area contributed by atoms with Crippen molar-refractivity contribution in [2.24, 2.45) is 0 Å². The van der Waals surface area contributed by atoms with Crippen LogP contribution in [-0.4, -0.2) is 42.4 Å². The molecule has 1 rings (SSSR count). The highest BCUT2D eigenvalue weighted by Crippen LogP contribution is 2.15. The first-order chi connectivity index (χ1) is 8.63. The average molecular weight is 272 g/mol. The first kappa shape index (κ1) is 15.3. The minimum absolute atomic E-state index is 0.205. The lowest BCUT2D eigenvalue weighted by Gasteiger charge is -2.25. The Bertz CT molecular complexity index is 327. The summed E-state index contributed by atoms with van der Waals surface area (Å²) in [7, 11) is 0. The van der Waals surface area contributed by atoms with Crippen LogP contribution in [0.5, 0.6) is 5.75 Å². The van der Waals surface area contributed by atoms with Gasteiger partial charge in [0.05, 0.1) is 13.2 Å². The smallest absolute Gasteiger partial charge is 0.119 e. The molecule has 4 heteroatoms. The highest BCUT2D eigenvalue weighted by atomic mass is 35.5. The molecule has 18 heavy (non-hydrogen) atoms. The van der Waals surface area contributed by atoms with Crippen molar-refractivity contribution in [1.82, 2.24) is 4.90 Å². The lowest BCUT2D eigenvalue weighted by atomic mass is 10.3. The van der Waals surface area contributed by atoms with Gasteiger partial charge in [0.1, 0.15) is 5.75 Å². The Morgan fingerprint density at radius 3 is 2.44 bits per heavy atom. The molecule has 0 bridgehead atoms. The fourth-order valence-electron chi connectivity index (χ4n) is 1.75. The Morgan fingerprint density at radius 1 is 1.22 bits per heavy atom. The number of hydrogen-bond donors (Lipinski definition) is 1. The van der Waals surface area contributed by atoms with Crippen molar-refractivity contribution in [1.29, 1.82) is 0 Å². The lowest BCUT2D eigenvalue weighted by molar-refractivity contribution is 0.155. The van der Waals surface area contributed by atoms with E-state index in [9.17, 15) is 0 Å². The van der Waals surface area contributed by atoms with Crippen molar-refractivity contribution in [3.05, 3.63) is 29.3 Å². The Kier molecular flexibility index (Phi) is 7.09. The van der Waals surface area contributed by atoms with Gasteiger partial charge in [0, 0.05) is 24.2 Å². The molecule has 0 unspecified atom stereocenters. The van der Waals surface area contributed by atoms with Crippen LogP contribution in [-0.2, 0) is 0 Å². The number of halogens is 1. The molecule has 0 aliphatic rings. The van der Waals surface area contributed by atoms with Gasteiger partial charge in [-0.1, -0.05) is 11.6 Å². The van der Waals surface area contributed by atoms with Crippen LogP contribution in [0.2, 0.25) is 5.02 Å². The van der Waals surface area contributed by atoms with E-state index in [0.717, 1.165) is 30.3 Å². The van der Waals surface area contributed by atoms with Crippen molar-refractivity contribution >= 4 is 11.6 Å². The molecule has 1 aromatic rings. The second kappa shape index (κ2) is 8.35. The SMILES string of the molecule is CC(C)N(CCO)CCCOc1ccc(Cl)cc1. The monoisotopic (exact) mass is 271 g/mol. The van der Waals surface area contributed by atoms with Crippen LogP contribution in [0, 0.1) is 0 Å². The second-order valence-electron chi connectivity index (χ2n) is 4.51. The third-order valence-corrected chi connectivity index (χ3v) is 3.04. The molecule has 0 aliphatic carbocycles. The Balaban J connectivity index is 2.23. The third-order valence-electron chi connectivity index (χ3n) is 2.79. The van der Waals surface area contributed by atoms with Gasteiger partial charge in [0.2, 0.25) is 0 Å². The maximum Gasteiger partial charge on any atom is 0.119 e. The van der Waals surface area contributed by atoms with E-state index in [1.165, 1.54) is 0 Å². The number of rotatable bonds is 8. The van der Waals surface area contributed by atoms with E-state index in [1.807, 2.05) is 24.3 Å². The second-order valence-corrected chi connectivity index (χ2v) is 4.95. The molecule has 0 fully saturated rings. The molecule has 0 heterocycles. The van der Waals surface area contributed by atoms with Crippen LogP contribution in [0.15, 0.2) is 24.3 Å². The van der Waals surface area contributed by atoms with Crippen molar-refractivity contribution in [2.45, 2.75) is 26.3 Å². The molecule has 1 aromatic carbocycles. The van der Waals surface area contributed by atoms with Crippen LogP contribution in [0.4, 0.5) is 0 Å². The normalized spacial score (nSPS) is 11.2. The van der Waals surface area contributed by atoms with Gasteiger partial charge in [-0.2, -0.15) is 0 Å². The zero-order chi connectivity index (χ0) is 13.4. The molecular weight excluding hydrogens is 250 g/mol. The molecule has 0 aromatic heterocycles. The Morgan fingerprint density at radius 2 is 1.89 bits per heavy atom. The number of aliphatic hydroxyl groups excluding tert-OH is 1. The van der Waals surface area contributed by atoms with E-state index >= 15 is 0 Å². The van der Waals surface area contributed by atoms with Crippen LogP contribution in [0.1, 0.15) is 20.3 Å².